The molecule has 1 heterocycles. The van der Waals surface area contributed by atoms with Crippen LogP contribution >= 0.6 is 11.6 Å². The van der Waals surface area contributed by atoms with E-state index in [1.165, 1.54) is 4.57 Å². The summed E-state index contributed by atoms with van der Waals surface area (Å²) >= 11 is 5.94. The highest BCUT2D eigenvalue weighted by molar-refractivity contribution is 6.30. The lowest BCUT2D eigenvalue weighted by Gasteiger charge is -2.18. The topological polar surface area (TPSA) is 58.1 Å². The van der Waals surface area contributed by atoms with Gasteiger partial charge in [-0.15, -0.1) is 0 Å². The maximum Gasteiger partial charge on any atom is 0.329 e. The van der Waals surface area contributed by atoms with Gasteiger partial charge in [0.05, 0.1) is 5.56 Å². The first-order valence-corrected chi connectivity index (χ1v) is 7.04. The van der Waals surface area contributed by atoms with E-state index in [1.54, 1.807) is 0 Å². The summed E-state index contributed by atoms with van der Waals surface area (Å²) in [5.74, 6) is -0.0171. The Balaban J connectivity index is 3.11. The van der Waals surface area contributed by atoms with Crippen LogP contribution in [0.1, 0.15) is 39.2 Å². The van der Waals surface area contributed by atoms with Gasteiger partial charge in [0.1, 0.15) is 5.15 Å². The van der Waals surface area contributed by atoms with Gasteiger partial charge >= 0.3 is 5.69 Å². The third-order valence-electron chi connectivity index (χ3n) is 3.29. The number of rotatable bonds is 6. The van der Waals surface area contributed by atoms with Crippen molar-refractivity contribution < 1.29 is 0 Å². The molecular formula is C13H22ClN3O2. The molecule has 1 N–H and O–H groups in total. The van der Waals surface area contributed by atoms with Crippen LogP contribution in [0.4, 0.5) is 0 Å². The first-order chi connectivity index (χ1) is 8.92. The number of likely N-dealkylation sites (N-methyl/N-ethyl adjacent to an activating group) is 1. The van der Waals surface area contributed by atoms with E-state index in [0.717, 1.165) is 13.1 Å². The van der Waals surface area contributed by atoms with E-state index < -0.39 is 5.69 Å². The van der Waals surface area contributed by atoms with Gasteiger partial charge in [-0.25, -0.2) is 4.79 Å². The Morgan fingerprint density at radius 2 is 1.84 bits per heavy atom. The van der Waals surface area contributed by atoms with Gasteiger partial charge in [-0.1, -0.05) is 39.3 Å². The van der Waals surface area contributed by atoms with E-state index in [2.05, 4.69) is 23.7 Å². The van der Waals surface area contributed by atoms with Gasteiger partial charge in [0.2, 0.25) is 0 Å². The zero-order chi connectivity index (χ0) is 14.6. The molecule has 0 saturated heterocycles. The van der Waals surface area contributed by atoms with Crippen LogP contribution in [0, 0.1) is 0 Å². The first-order valence-electron chi connectivity index (χ1n) is 6.67. The molecule has 0 aromatic carbocycles. The van der Waals surface area contributed by atoms with Gasteiger partial charge in [0.15, 0.2) is 0 Å². The predicted octanol–water partition coefficient (Wildman–Crippen LogP) is 1.66. The van der Waals surface area contributed by atoms with Gasteiger partial charge in [-0.3, -0.25) is 14.3 Å². The summed E-state index contributed by atoms with van der Waals surface area (Å²) in [6, 6.07) is 0. The number of hydrogen-bond donors (Lipinski definition) is 1. The fraction of sp³-hybridized carbons (Fsp3) is 0.692. The van der Waals surface area contributed by atoms with Crippen LogP contribution in [0.5, 0.6) is 0 Å². The van der Waals surface area contributed by atoms with Crippen molar-refractivity contribution in [1.82, 2.24) is 14.5 Å². The van der Waals surface area contributed by atoms with Gasteiger partial charge < -0.3 is 4.90 Å². The molecule has 0 saturated carbocycles. The standard InChI is InChI=1S/C13H22ClN3O2/c1-5-16(6-2)7-8-17-12(18)10(9(3)4)11(14)15-13(17)19/h9H,5-8H2,1-4H3,(H,15,19). The van der Waals surface area contributed by atoms with Crippen LogP contribution in [-0.2, 0) is 6.54 Å². The lowest BCUT2D eigenvalue weighted by molar-refractivity contribution is 0.286. The lowest BCUT2D eigenvalue weighted by atomic mass is 10.1. The Hall–Kier alpha value is -1.07. The normalized spacial score (nSPS) is 11.5. The van der Waals surface area contributed by atoms with Crippen LogP contribution in [0.15, 0.2) is 9.59 Å². The van der Waals surface area contributed by atoms with Gasteiger partial charge in [0.25, 0.3) is 5.56 Å². The number of aromatic nitrogens is 2. The molecule has 0 radical (unpaired) electrons. The van der Waals surface area contributed by atoms with Crippen LogP contribution in [0.3, 0.4) is 0 Å². The SMILES string of the molecule is CCN(CC)CCn1c(=O)[nH]c(Cl)c(C(C)C)c1=O. The van der Waals surface area contributed by atoms with Crippen molar-refractivity contribution in [3.05, 3.63) is 31.6 Å². The Morgan fingerprint density at radius 1 is 1.26 bits per heavy atom. The van der Waals surface area contributed by atoms with Gasteiger partial charge in [-0.2, -0.15) is 0 Å². The molecule has 19 heavy (non-hydrogen) atoms. The molecule has 0 atom stereocenters. The van der Waals surface area contributed by atoms with E-state index in [-0.39, 0.29) is 16.6 Å². The highest BCUT2D eigenvalue weighted by atomic mass is 35.5. The Kier molecular flexibility index (Phi) is 5.82. The van der Waals surface area contributed by atoms with Crippen molar-refractivity contribution in [3.8, 4) is 0 Å². The smallest absolute Gasteiger partial charge is 0.302 e. The average molecular weight is 288 g/mol. The molecule has 108 valence electrons. The number of H-pyrrole nitrogens is 1. The van der Waals surface area contributed by atoms with Crippen molar-refractivity contribution in [3.63, 3.8) is 0 Å². The third kappa shape index (κ3) is 3.70. The highest BCUT2D eigenvalue weighted by Crippen LogP contribution is 2.16. The summed E-state index contributed by atoms with van der Waals surface area (Å²) in [6.07, 6.45) is 0. The molecule has 0 unspecified atom stereocenters. The second kappa shape index (κ2) is 6.91. The predicted molar refractivity (Wildman–Crippen MR) is 78.2 cm³/mol. The number of nitrogens with one attached hydrogen (secondary N) is 1. The molecule has 0 aliphatic carbocycles. The van der Waals surface area contributed by atoms with E-state index in [9.17, 15) is 9.59 Å². The van der Waals surface area contributed by atoms with E-state index in [1.807, 2.05) is 13.8 Å². The number of aromatic amines is 1. The first kappa shape index (κ1) is 16.0. The van der Waals surface area contributed by atoms with E-state index >= 15 is 0 Å². The van der Waals surface area contributed by atoms with Gasteiger partial charge in [-0.05, 0) is 19.0 Å². The zero-order valence-electron chi connectivity index (χ0n) is 12.0. The Morgan fingerprint density at radius 3 is 2.32 bits per heavy atom. The summed E-state index contributed by atoms with van der Waals surface area (Å²) in [6.45, 7) is 10.7. The molecule has 5 nitrogen and oxygen atoms in total. The monoisotopic (exact) mass is 287 g/mol. The van der Waals surface area contributed by atoms with Crippen LogP contribution in [-0.4, -0.2) is 34.1 Å². The molecule has 0 aliphatic heterocycles. The molecule has 1 aromatic rings. The zero-order valence-corrected chi connectivity index (χ0v) is 12.8. The van der Waals surface area contributed by atoms with E-state index in [0.29, 0.717) is 18.7 Å². The summed E-state index contributed by atoms with van der Waals surface area (Å²) in [5, 5.41) is 0.157. The molecule has 0 aliphatic rings. The molecular weight excluding hydrogens is 266 g/mol. The van der Waals surface area contributed by atoms with Crippen LogP contribution in [0.25, 0.3) is 0 Å². The quantitative estimate of drug-likeness (QED) is 0.810. The van der Waals surface area contributed by atoms with Crippen molar-refractivity contribution >= 4 is 11.6 Å². The minimum absolute atomic E-state index is 0.0171. The average Bonchev–Trinajstić information content (AvgIpc) is 2.32. The third-order valence-corrected chi connectivity index (χ3v) is 3.58. The minimum Gasteiger partial charge on any atom is -0.302 e. The summed E-state index contributed by atoms with van der Waals surface area (Å²) in [7, 11) is 0. The molecule has 1 aromatic heterocycles. The minimum atomic E-state index is -0.438. The van der Waals surface area contributed by atoms with Crippen LogP contribution in [0.2, 0.25) is 5.15 Å². The second-order valence-electron chi connectivity index (χ2n) is 4.80. The number of hydrogen-bond acceptors (Lipinski definition) is 3. The molecule has 1 rings (SSSR count). The van der Waals surface area contributed by atoms with Crippen molar-refractivity contribution in [2.45, 2.75) is 40.2 Å². The summed E-state index contributed by atoms with van der Waals surface area (Å²) < 4.78 is 1.24. The molecule has 0 amide bonds. The lowest BCUT2D eigenvalue weighted by Crippen LogP contribution is -2.41. The molecule has 6 heteroatoms. The number of nitrogens with zero attached hydrogens (tertiary/aromatic N) is 2. The van der Waals surface area contributed by atoms with Crippen molar-refractivity contribution in [2.75, 3.05) is 19.6 Å². The maximum atomic E-state index is 12.3. The van der Waals surface area contributed by atoms with Crippen LogP contribution < -0.4 is 11.2 Å². The second-order valence-corrected chi connectivity index (χ2v) is 5.17. The Bertz CT molecular complexity index is 530. The van der Waals surface area contributed by atoms with Crippen molar-refractivity contribution in [2.24, 2.45) is 0 Å². The highest BCUT2D eigenvalue weighted by Gasteiger charge is 2.15. The molecule has 0 bridgehead atoms. The van der Waals surface area contributed by atoms with E-state index in [4.69, 9.17) is 11.6 Å². The summed E-state index contributed by atoms with van der Waals surface area (Å²) in [4.78, 5) is 28.8. The summed E-state index contributed by atoms with van der Waals surface area (Å²) in [5.41, 5.74) is -0.247. The maximum absolute atomic E-state index is 12.3. The largest absolute Gasteiger partial charge is 0.329 e. The molecule has 0 spiro atoms. The number of halogens is 1. The van der Waals surface area contributed by atoms with Crippen molar-refractivity contribution in [1.29, 1.82) is 0 Å². The Labute approximate surface area is 118 Å². The van der Waals surface area contributed by atoms with Gasteiger partial charge in [0, 0.05) is 13.1 Å². The fourth-order valence-corrected chi connectivity index (χ4v) is 2.42. The fourth-order valence-electron chi connectivity index (χ4n) is 2.04. The molecule has 0 fully saturated rings.